The summed E-state index contributed by atoms with van der Waals surface area (Å²) in [5.41, 5.74) is 1.44. The van der Waals surface area contributed by atoms with E-state index in [2.05, 4.69) is 29.9 Å². The van der Waals surface area contributed by atoms with Crippen LogP contribution in [0.25, 0.3) is 0 Å². The number of aromatic nitrogens is 2. The van der Waals surface area contributed by atoms with E-state index in [9.17, 15) is 5.26 Å². The van der Waals surface area contributed by atoms with Crippen LogP contribution in [0.1, 0.15) is 25.1 Å². The normalized spacial score (nSPS) is 10.7. The summed E-state index contributed by atoms with van der Waals surface area (Å²) in [7, 11) is 3.57. The molecule has 0 saturated carbocycles. The highest BCUT2D eigenvalue weighted by atomic mass is 16.5. The summed E-state index contributed by atoms with van der Waals surface area (Å²) in [6, 6.07) is 2.25. The standard InChI is InChI=1S/C13H22N4O/c1-10(2)9-17(6-7-18-5)13-12(8-14)11(3)15-16(13)4/h10H,6-7,9H2,1-5H3. The van der Waals surface area contributed by atoms with Crippen LogP contribution in [0.4, 0.5) is 5.82 Å². The van der Waals surface area contributed by atoms with E-state index in [4.69, 9.17) is 4.74 Å². The summed E-state index contributed by atoms with van der Waals surface area (Å²) in [6.45, 7) is 8.48. The second-order valence-corrected chi connectivity index (χ2v) is 4.85. The van der Waals surface area contributed by atoms with Crippen molar-refractivity contribution in [1.82, 2.24) is 9.78 Å². The van der Waals surface area contributed by atoms with Crippen LogP contribution in [-0.2, 0) is 11.8 Å². The third kappa shape index (κ3) is 3.23. The predicted octanol–water partition coefficient (Wildman–Crippen LogP) is 1.71. The highest BCUT2D eigenvalue weighted by Gasteiger charge is 2.19. The number of rotatable bonds is 6. The maximum absolute atomic E-state index is 9.26. The molecule has 0 aliphatic rings. The molecule has 0 spiro atoms. The summed E-state index contributed by atoms with van der Waals surface area (Å²) in [5.74, 6) is 1.41. The zero-order valence-electron chi connectivity index (χ0n) is 11.9. The topological polar surface area (TPSA) is 54.1 Å². The van der Waals surface area contributed by atoms with E-state index in [1.165, 1.54) is 0 Å². The second kappa shape index (κ2) is 6.41. The lowest BCUT2D eigenvalue weighted by atomic mass is 10.2. The van der Waals surface area contributed by atoms with E-state index in [0.29, 0.717) is 18.1 Å². The van der Waals surface area contributed by atoms with Crippen molar-refractivity contribution in [2.75, 3.05) is 31.7 Å². The molecule has 1 rings (SSSR count). The van der Waals surface area contributed by atoms with Gasteiger partial charge in [-0.25, -0.2) is 0 Å². The first-order valence-corrected chi connectivity index (χ1v) is 6.18. The predicted molar refractivity (Wildman–Crippen MR) is 71.6 cm³/mol. The van der Waals surface area contributed by atoms with Crippen LogP contribution >= 0.6 is 0 Å². The fourth-order valence-electron chi connectivity index (χ4n) is 2.07. The van der Waals surface area contributed by atoms with Gasteiger partial charge in [-0.2, -0.15) is 10.4 Å². The average Bonchev–Trinajstić information content (AvgIpc) is 2.58. The van der Waals surface area contributed by atoms with E-state index in [1.807, 2.05) is 14.0 Å². The molecule has 0 aromatic carbocycles. The Kier molecular flexibility index (Phi) is 5.17. The Morgan fingerprint density at radius 3 is 2.67 bits per heavy atom. The maximum atomic E-state index is 9.26. The van der Waals surface area contributed by atoms with Gasteiger partial charge in [-0.3, -0.25) is 4.68 Å². The number of nitriles is 1. The molecule has 5 heteroatoms. The number of aryl methyl sites for hydroxylation is 2. The molecule has 18 heavy (non-hydrogen) atoms. The fraction of sp³-hybridized carbons (Fsp3) is 0.692. The summed E-state index contributed by atoms with van der Waals surface area (Å²) in [4.78, 5) is 2.17. The van der Waals surface area contributed by atoms with Crippen molar-refractivity contribution in [2.45, 2.75) is 20.8 Å². The number of hydrogen-bond acceptors (Lipinski definition) is 4. The van der Waals surface area contributed by atoms with E-state index < -0.39 is 0 Å². The number of methoxy groups -OCH3 is 1. The first-order valence-electron chi connectivity index (χ1n) is 6.18. The van der Waals surface area contributed by atoms with Crippen LogP contribution in [0.2, 0.25) is 0 Å². The van der Waals surface area contributed by atoms with Crippen molar-refractivity contribution in [3.63, 3.8) is 0 Å². The molecule has 0 aliphatic heterocycles. The van der Waals surface area contributed by atoms with Gasteiger partial charge in [0.2, 0.25) is 0 Å². The van der Waals surface area contributed by atoms with E-state index in [-0.39, 0.29) is 0 Å². The van der Waals surface area contributed by atoms with Gasteiger partial charge in [-0.05, 0) is 12.8 Å². The van der Waals surface area contributed by atoms with Crippen LogP contribution < -0.4 is 4.90 Å². The number of hydrogen-bond donors (Lipinski definition) is 0. The SMILES string of the molecule is COCCN(CC(C)C)c1c(C#N)c(C)nn1C. The Bertz CT molecular complexity index is 431. The smallest absolute Gasteiger partial charge is 0.145 e. The van der Waals surface area contributed by atoms with Crippen molar-refractivity contribution in [1.29, 1.82) is 5.26 Å². The molecule has 0 unspecified atom stereocenters. The van der Waals surface area contributed by atoms with Crippen LogP contribution in [-0.4, -0.2) is 36.6 Å². The van der Waals surface area contributed by atoms with E-state index in [1.54, 1.807) is 11.8 Å². The molecule has 100 valence electrons. The van der Waals surface area contributed by atoms with Crippen molar-refractivity contribution in [3.8, 4) is 6.07 Å². The zero-order chi connectivity index (χ0) is 13.7. The number of ether oxygens (including phenoxy) is 1. The molecule has 0 atom stereocenters. The molecular weight excluding hydrogens is 228 g/mol. The summed E-state index contributed by atoms with van der Waals surface area (Å²) < 4.78 is 6.92. The fourth-order valence-corrected chi connectivity index (χ4v) is 2.07. The molecule has 1 heterocycles. The van der Waals surface area contributed by atoms with Gasteiger partial charge >= 0.3 is 0 Å². The first-order chi connectivity index (χ1) is 8.51. The van der Waals surface area contributed by atoms with E-state index >= 15 is 0 Å². The van der Waals surface area contributed by atoms with Gasteiger partial charge in [0.25, 0.3) is 0 Å². The molecule has 1 aromatic heterocycles. The van der Waals surface area contributed by atoms with Gasteiger partial charge in [0.05, 0.1) is 12.3 Å². The lowest BCUT2D eigenvalue weighted by Gasteiger charge is -2.26. The molecule has 0 bridgehead atoms. The Balaban J connectivity index is 3.07. The Hall–Kier alpha value is -1.54. The van der Waals surface area contributed by atoms with Crippen molar-refractivity contribution in [2.24, 2.45) is 13.0 Å². The monoisotopic (exact) mass is 250 g/mol. The minimum Gasteiger partial charge on any atom is -0.383 e. The zero-order valence-corrected chi connectivity index (χ0v) is 11.9. The molecule has 0 amide bonds. The average molecular weight is 250 g/mol. The second-order valence-electron chi connectivity index (χ2n) is 4.85. The number of anilines is 1. The van der Waals surface area contributed by atoms with Crippen LogP contribution in [0.15, 0.2) is 0 Å². The molecule has 0 N–H and O–H groups in total. The van der Waals surface area contributed by atoms with Crippen LogP contribution in [0, 0.1) is 24.2 Å². The lowest BCUT2D eigenvalue weighted by molar-refractivity contribution is 0.204. The minimum absolute atomic E-state index is 0.517. The van der Waals surface area contributed by atoms with Gasteiger partial charge in [0, 0.05) is 27.2 Å². The Morgan fingerprint density at radius 2 is 2.17 bits per heavy atom. The van der Waals surface area contributed by atoms with Crippen molar-refractivity contribution >= 4 is 5.82 Å². The van der Waals surface area contributed by atoms with E-state index in [0.717, 1.165) is 24.6 Å². The van der Waals surface area contributed by atoms with Crippen molar-refractivity contribution < 1.29 is 4.74 Å². The van der Waals surface area contributed by atoms with Gasteiger partial charge < -0.3 is 9.64 Å². The molecule has 0 fully saturated rings. The van der Waals surface area contributed by atoms with Gasteiger partial charge in [-0.15, -0.1) is 0 Å². The highest BCUT2D eigenvalue weighted by molar-refractivity contribution is 5.57. The lowest BCUT2D eigenvalue weighted by Crippen LogP contribution is -2.33. The van der Waals surface area contributed by atoms with Gasteiger partial charge in [0.1, 0.15) is 17.5 Å². The van der Waals surface area contributed by atoms with Gasteiger partial charge in [-0.1, -0.05) is 13.8 Å². The number of nitrogens with zero attached hydrogens (tertiary/aromatic N) is 4. The Labute approximate surface area is 109 Å². The van der Waals surface area contributed by atoms with Crippen LogP contribution in [0.3, 0.4) is 0 Å². The first kappa shape index (κ1) is 14.5. The third-order valence-electron chi connectivity index (χ3n) is 2.75. The van der Waals surface area contributed by atoms with Gasteiger partial charge in [0.15, 0.2) is 0 Å². The molecule has 0 saturated heterocycles. The molecular formula is C13H22N4O. The largest absolute Gasteiger partial charge is 0.383 e. The van der Waals surface area contributed by atoms with Crippen molar-refractivity contribution in [3.05, 3.63) is 11.3 Å². The minimum atomic E-state index is 0.517. The quantitative estimate of drug-likeness (QED) is 0.771. The van der Waals surface area contributed by atoms with Crippen LogP contribution in [0.5, 0.6) is 0 Å². The highest BCUT2D eigenvalue weighted by Crippen LogP contribution is 2.23. The molecule has 0 radical (unpaired) electrons. The summed E-state index contributed by atoms with van der Waals surface area (Å²) in [5, 5.41) is 13.6. The Morgan fingerprint density at radius 1 is 1.50 bits per heavy atom. The summed E-state index contributed by atoms with van der Waals surface area (Å²) in [6.07, 6.45) is 0. The molecule has 0 aliphatic carbocycles. The third-order valence-corrected chi connectivity index (χ3v) is 2.75. The maximum Gasteiger partial charge on any atom is 0.145 e. The molecule has 1 aromatic rings. The summed E-state index contributed by atoms with van der Waals surface area (Å²) >= 11 is 0. The molecule has 5 nitrogen and oxygen atoms in total.